The van der Waals surface area contributed by atoms with Crippen molar-refractivity contribution in [2.24, 2.45) is 0 Å². The van der Waals surface area contributed by atoms with E-state index in [4.69, 9.17) is 10.5 Å². The number of hydrogen-bond donors (Lipinski definition) is 1. The SMILES string of the molecule is COc1cc(C(F)F)c(I)nc1N. The third kappa shape index (κ3) is 2.17. The van der Waals surface area contributed by atoms with Crippen LogP contribution in [0.25, 0.3) is 0 Å². The molecule has 0 radical (unpaired) electrons. The third-order valence-corrected chi connectivity index (χ3v) is 2.31. The lowest BCUT2D eigenvalue weighted by molar-refractivity contribution is 0.149. The Bertz CT molecular complexity index is 320. The molecule has 6 heteroatoms. The van der Waals surface area contributed by atoms with E-state index in [0.29, 0.717) is 0 Å². The van der Waals surface area contributed by atoms with E-state index >= 15 is 0 Å². The lowest BCUT2D eigenvalue weighted by Crippen LogP contribution is -2.01. The third-order valence-electron chi connectivity index (χ3n) is 1.45. The van der Waals surface area contributed by atoms with Gasteiger partial charge in [-0.3, -0.25) is 0 Å². The zero-order chi connectivity index (χ0) is 10.0. The fourth-order valence-electron chi connectivity index (χ4n) is 0.817. The van der Waals surface area contributed by atoms with E-state index in [1.807, 2.05) is 0 Å². The highest BCUT2D eigenvalue weighted by Gasteiger charge is 2.15. The molecule has 72 valence electrons. The summed E-state index contributed by atoms with van der Waals surface area (Å²) in [6.45, 7) is 0. The van der Waals surface area contributed by atoms with Crippen LogP contribution in [0.4, 0.5) is 14.6 Å². The zero-order valence-electron chi connectivity index (χ0n) is 6.72. The summed E-state index contributed by atoms with van der Waals surface area (Å²) in [5, 5.41) is 0. The largest absolute Gasteiger partial charge is 0.493 e. The molecule has 1 aromatic rings. The number of nitrogens with two attached hydrogens (primary N) is 1. The minimum Gasteiger partial charge on any atom is -0.493 e. The van der Waals surface area contributed by atoms with Gasteiger partial charge in [0.15, 0.2) is 11.6 Å². The lowest BCUT2D eigenvalue weighted by atomic mass is 10.3. The predicted molar refractivity (Wildman–Crippen MR) is 52.9 cm³/mol. The van der Waals surface area contributed by atoms with Crippen LogP contribution in [0.1, 0.15) is 12.0 Å². The summed E-state index contributed by atoms with van der Waals surface area (Å²) in [4.78, 5) is 3.73. The van der Waals surface area contributed by atoms with Crippen LogP contribution in [-0.2, 0) is 0 Å². The van der Waals surface area contributed by atoms with Crippen molar-refractivity contribution < 1.29 is 13.5 Å². The van der Waals surface area contributed by atoms with Gasteiger partial charge in [0.2, 0.25) is 0 Å². The van der Waals surface area contributed by atoms with Crippen LogP contribution in [0.2, 0.25) is 0 Å². The smallest absolute Gasteiger partial charge is 0.266 e. The van der Waals surface area contributed by atoms with Gasteiger partial charge in [-0.25, -0.2) is 13.8 Å². The van der Waals surface area contributed by atoms with Gasteiger partial charge >= 0.3 is 0 Å². The number of aromatic nitrogens is 1. The van der Waals surface area contributed by atoms with E-state index in [1.165, 1.54) is 13.2 Å². The molecule has 0 aromatic carbocycles. The normalized spacial score (nSPS) is 10.5. The van der Waals surface area contributed by atoms with Crippen molar-refractivity contribution in [1.82, 2.24) is 4.98 Å². The van der Waals surface area contributed by atoms with E-state index in [9.17, 15) is 8.78 Å². The molecular formula is C7H7F2IN2O. The van der Waals surface area contributed by atoms with Gasteiger partial charge in [0.25, 0.3) is 6.43 Å². The highest BCUT2D eigenvalue weighted by molar-refractivity contribution is 14.1. The van der Waals surface area contributed by atoms with Crippen molar-refractivity contribution in [3.63, 3.8) is 0 Å². The standard InChI is InChI=1S/C7H7F2IN2O/c1-13-4-2-3(5(8)9)6(10)12-7(4)11/h2,5H,1H3,(H2,11,12). The summed E-state index contributed by atoms with van der Waals surface area (Å²) < 4.78 is 29.6. The number of hydrogen-bond acceptors (Lipinski definition) is 3. The Kier molecular flexibility index (Phi) is 3.23. The number of nitrogen functional groups attached to an aromatic ring is 1. The molecule has 0 aliphatic heterocycles. The predicted octanol–water partition coefficient (Wildman–Crippen LogP) is 2.21. The van der Waals surface area contributed by atoms with Crippen molar-refractivity contribution in [2.75, 3.05) is 12.8 Å². The molecule has 0 fully saturated rings. The molecule has 0 bridgehead atoms. The first kappa shape index (κ1) is 10.4. The molecule has 3 nitrogen and oxygen atoms in total. The molecule has 0 saturated heterocycles. The van der Waals surface area contributed by atoms with Crippen LogP contribution in [0.5, 0.6) is 5.75 Å². The van der Waals surface area contributed by atoms with E-state index in [2.05, 4.69) is 4.98 Å². The van der Waals surface area contributed by atoms with Crippen LogP contribution in [0.3, 0.4) is 0 Å². The zero-order valence-corrected chi connectivity index (χ0v) is 8.88. The second-order valence-corrected chi connectivity index (χ2v) is 3.28. The topological polar surface area (TPSA) is 48.1 Å². The van der Waals surface area contributed by atoms with Crippen molar-refractivity contribution in [2.45, 2.75) is 6.43 Å². The molecule has 0 atom stereocenters. The van der Waals surface area contributed by atoms with E-state index < -0.39 is 6.43 Å². The first-order chi connectivity index (χ1) is 6.06. The van der Waals surface area contributed by atoms with E-state index in [0.717, 1.165) is 0 Å². The minimum absolute atomic E-state index is 0.122. The van der Waals surface area contributed by atoms with Gasteiger partial charge in [0.05, 0.1) is 12.7 Å². The molecule has 0 amide bonds. The van der Waals surface area contributed by atoms with E-state index in [1.54, 1.807) is 22.6 Å². The molecule has 0 spiro atoms. The van der Waals surface area contributed by atoms with Crippen molar-refractivity contribution in [1.29, 1.82) is 0 Å². The van der Waals surface area contributed by atoms with Crippen LogP contribution >= 0.6 is 22.6 Å². The summed E-state index contributed by atoms with van der Waals surface area (Å²) in [5.41, 5.74) is 5.25. The fourth-order valence-corrected chi connectivity index (χ4v) is 1.47. The minimum atomic E-state index is -2.56. The van der Waals surface area contributed by atoms with Gasteiger partial charge < -0.3 is 10.5 Å². The number of nitrogens with zero attached hydrogens (tertiary/aromatic N) is 1. The van der Waals surface area contributed by atoms with Gasteiger partial charge in [0, 0.05) is 0 Å². The average Bonchev–Trinajstić information content (AvgIpc) is 2.03. The van der Waals surface area contributed by atoms with Gasteiger partial charge in [-0.1, -0.05) is 0 Å². The maximum absolute atomic E-state index is 12.3. The van der Waals surface area contributed by atoms with Crippen molar-refractivity contribution in [3.05, 3.63) is 15.3 Å². The first-order valence-corrected chi connectivity index (χ1v) is 4.42. The number of anilines is 1. The molecule has 1 rings (SSSR count). The van der Waals surface area contributed by atoms with Gasteiger partial charge in [-0.15, -0.1) is 0 Å². The number of alkyl halides is 2. The molecule has 1 aromatic heterocycles. The number of ether oxygens (including phenoxy) is 1. The van der Waals surface area contributed by atoms with Crippen LogP contribution in [0, 0.1) is 3.70 Å². The van der Waals surface area contributed by atoms with Crippen LogP contribution in [-0.4, -0.2) is 12.1 Å². The molecular weight excluding hydrogens is 293 g/mol. The summed E-state index contributed by atoms with van der Waals surface area (Å²) in [6.07, 6.45) is -2.56. The van der Waals surface area contributed by atoms with Gasteiger partial charge in [-0.05, 0) is 28.7 Å². The maximum atomic E-state index is 12.3. The summed E-state index contributed by atoms with van der Waals surface area (Å²) in [7, 11) is 1.36. The molecule has 2 N–H and O–H groups in total. The van der Waals surface area contributed by atoms with Crippen molar-refractivity contribution in [3.8, 4) is 5.75 Å². The Balaban J connectivity index is 3.22. The highest BCUT2D eigenvalue weighted by atomic mass is 127. The second-order valence-electron chi connectivity index (χ2n) is 2.26. The molecule has 0 aliphatic carbocycles. The molecule has 0 unspecified atom stereocenters. The Morgan fingerprint density at radius 2 is 2.23 bits per heavy atom. The maximum Gasteiger partial charge on any atom is 0.266 e. The lowest BCUT2D eigenvalue weighted by Gasteiger charge is -2.07. The van der Waals surface area contributed by atoms with Gasteiger partial charge in [-0.2, -0.15) is 0 Å². The summed E-state index contributed by atoms with van der Waals surface area (Å²) in [5.74, 6) is 0.298. The quantitative estimate of drug-likeness (QED) is 0.673. The highest BCUT2D eigenvalue weighted by Crippen LogP contribution is 2.29. The molecule has 0 saturated carbocycles. The number of methoxy groups -OCH3 is 1. The number of pyridine rings is 1. The fraction of sp³-hybridized carbons (Fsp3) is 0.286. The van der Waals surface area contributed by atoms with E-state index in [-0.39, 0.29) is 20.8 Å². The molecule has 0 aliphatic rings. The number of halogens is 3. The monoisotopic (exact) mass is 300 g/mol. The summed E-state index contributed by atoms with van der Waals surface area (Å²) in [6, 6.07) is 1.20. The van der Waals surface area contributed by atoms with Crippen molar-refractivity contribution >= 4 is 28.4 Å². The average molecular weight is 300 g/mol. The Morgan fingerprint density at radius 3 is 2.69 bits per heavy atom. The van der Waals surface area contributed by atoms with Gasteiger partial charge in [0.1, 0.15) is 3.70 Å². The summed E-state index contributed by atoms with van der Waals surface area (Å²) >= 11 is 1.71. The van der Waals surface area contributed by atoms with Crippen LogP contribution < -0.4 is 10.5 Å². The Morgan fingerprint density at radius 1 is 1.62 bits per heavy atom. The second kappa shape index (κ2) is 4.03. The van der Waals surface area contributed by atoms with Crippen LogP contribution in [0.15, 0.2) is 6.07 Å². The Hall–Kier alpha value is -0.660. The Labute approximate surface area is 87.4 Å². The first-order valence-electron chi connectivity index (χ1n) is 3.34. The molecule has 13 heavy (non-hydrogen) atoms. The number of rotatable bonds is 2. The molecule has 1 heterocycles.